The van der Waals surface area contributed by atoms with Crippen LogP contribution < -0.4 is 10.6 Å². The van der Waals surface area contributed by atoms with Gasteiger partial charge in [0.05, 0.1) is 5.52 Å². The van der Waals surface area contributed by atoms with Gasteiger partial charge in [-0.15, -0.1) is 0 Å². The molecule has 3 N–H and O–H groups in total. The number of nitrogens with one attached hydrogen (secondary N) is 3. The lowest BCUT2D eigenvalue weighted by Crippen LogP contribution is -2.11. The van der Waals surface area contributed by atoms with Crippen LogP contribution in [0.2, 0.25) is 0 Å². The van der Waals surface area contributed by atoms with Crippen LogP contribution in [-0.2, 0) is 4.79 Å². The molecule has 1 heterocycles. The summed E-state index contributed by atoms with van der Waals surface area (Å²) in [5.74, 6) is 0.228. The van der Waals surface area contributed by atoms with E-state index < -0.39 is 0 Å². The Hall–Kier alpha value is -3.58. The summed E-state index contributed by atoms with van der Waals surface area (Å²) in [4.78, 5) is 25.8. The van der Waals surface area contributed by atoms with Crippen molar-refractivity contribution in [2.45, 2.75) is 23.6 Å². The van der Waals surface area contributed by atoms with E-state index in [2.05, 4.69) is 20.8 Å². The number of anilines is 2. The van der Waals surface area contributed by atoms with Gasteiger partial charge in [-0.3, -0.25) is 14.7 Å². The predicted molar refractivity (Wildman–Crippen MR) is 120 cm³/mol. The fraction of sp³-hybridized carbons (Fsp3) is 0.0870. The minimum absolute atomic E-state index is 0.134. The molecule has 6 nitrogen and oxygen atoms in total. The highest BCUT2D eigenvalue weighted by atomic mass is 32.2. The van der Waals surface area contributed by atoms with Crippen molar-refractivity contribution in [3.05, 3.63) is 77.9 Å². The van der Waals surface area contributed by atoms with E-state index in [-0.39, 0.29) is 11.8 Å². The standard InChI is InChI=1S/C23H20N4O2S/c1-14-5-3-6-16(11-14)23(29)25-17-7-4-8-18(12-17)30-19-9-10-20-21(13-19)26-27-22(20)24-15(2)28/h3-13H,1-2H3,(H,25,29)(H2,24,26,27,28). The van der Waals surface area contributed by atoms with Gasteiger partial charge >= 0.3 is 0 Å². The summed E-state index contributed by atoms with van der Waals surface area (Å²) in [7, 11) is 0. The molecule has 0 spiro atoms. The van der Waals surface area contributed by atoms with Crippen LogP contribution in [0, 0.1) is 6.92 Å². The Kier molecular flexibility index (Phi) is 5.54. The van der Waals surface area contributed by atoms with E-state index in [9.17, 15) is 9.59 Å². The molecule has 0 aliphatic heterocycles. The van der Waals surface area contributed by atoms with Gasteiger partial charge in [0.25, 0.3) is 5.91 Å². The van der Waals surface area contributed by atoms with Gasteiger partial charge in [0.1, 0.15) is 0 Å². The van der Waals surface area contributed by atoms with Crippen molar-refractivity contribution in [1.82, 2.24) is 10.2 Å². The fourth-order valence-electron chi connectivity index (χ4n) is 3.09. The van der Waals surface area contributed by atoms with Gasteiger partial charge in [0.2, 0.25) is 5.91 Å². The number of aromatic nitrogens is 2. The first-order chi connectivity index (χ1) is 14.5. The largest absolute Gasteiger partial charge is 0.322 e. The molecule has 4 rings (SSSR count). The molecule has 0 aliphatic carbocycles. The van der Waals surface area contributed by atoms with Gasteiger partial charge < -0.3 is 10.6 Å². The minimum Gasteiger partial charge on any atom is -0.322 e. The van der Waals surface area contributed by atoms with Gasteiger partial charge in [-0.05, 0) is 55.5 Å². The first kappa shape index (κ1) is 19.7. The highest BCUT2D eigenvalue weighted by Gasteiger charge is 2.10. The Morgan fingerprint density at radius 3 is 2.53 bits per heavy atom. The second-order valence-corrected chi connectivity index (χ2v) is 8.06. The number of nitrogens with zero attached hydrogens (tertiary/aromatic N) is 1. The normalized spacial score (nSPS) is 10.7. The Morgan fingerprint density at radius 2 is 1.73 bits per heavy atom. The molecule has 7 heteroatoms. The number of fused-ring (bicyclic) bond motifs is 1. The fourth-order valence-corrected chi connectivity index (χ4v) is 4.00. The van der Waals surface area contributed by atoms with Crippen LogP contribution in [0.1, 0.15) is 22.8 Å². The summed E-state index contributed by atoms with van der Waals surface area (Å²) in [5.41, 5.74) is 3.25. The van der Waals surface area contributed by atoms with Crippen LogP contribution in [0.15, 0.2) is 76.5 Å². The molecule has 0 bridgehead atoms. The quantitative estimate of drug-likeness (QED) is 0.416. The molecular weight excluding hydrogens is 396 g/mol. The van der Waals surface area contributed by atoms with E-state index in [0.29, 0.717) is 11.4 Å². The molecule has 0 aliphatic rings. The lowest BCUT2D eigenvalue weighted by molar-refractivity contribution is -0.114. The summed E-state index contributed by atoms with van der Waals surface area (Å²) in [5, 5.41) is 13.6. The summed E-state index contributed by atoms with van der Waals surface area (Å²) in [6.07, 6.45) is 0. The lowest BCUT2D eigenvalue weighted by atomic mass is 10.1. The van der Waals surface area contributed by atoms with Crippen molar-refractivity contribution in [3.8, 4) is 0 Å². The number of aryl methyl sites for hydroxylation is 1. The van der Waals surface area contributed by atoms with Crippen molar-refractivity contribution in [2.75, 3.05) is 10.6 Å². The Labute approximate surface area is 178 Å². The number of H-pyrrole nitrogens is 1. The van der Waals surface area contributed by atoms with Crippen LogP contribution in [-0.4, -0.2) is 22.0 Å². The van der Waals surface area contributed by atoms with Gasteiger partial charge in [-0.1, -0.05) is 35.5 Å². The smallest absolute Gasteiger partial charge is 0.255 e. The summed E-state index contributed by atoms with van der Waals surface area (Å²) in [6, 6.07) is 21.1. The Bertz CT molecular complexity index is 1250. The molecule has 0 fully saturated rings. The minimum atomic E-state index is -0.161. The average Bonchev–Trinajstić information content (AvgIpc) is 3.09. The molecule has 0 unspecified atom stereocenters. The van der Waals surface area contributed by atoms with E-state index in [4.69, 9.17) is 0 Å². The number of hydrogen-bond acceptors (Lipinski definition) is 4. The van der Waals surface area contributed by atoms with Gasteiger partial charge in [-0.2, -0.15) is 5.10 Å². The topological polar surface area (TPSA) is 86.9 Å². The zero-order valence-electron chi connectivity index (χ0n) is 16.5. The molecule has 4 aromatic rings. The highest BCUT2D eigenvalue weighted by Crippen LogP contribution is 2.32. The molecule has 1 aromatic heterocycles. The van der Waals surface area contributed by atoms with Crippen LogP contribution in [0.3, 0.4) is 0 Å². The van der Waals surface area contributed by atoms with Gasteiger partial charge in [-0.25, -0.2) is 0 Å². The number of benzene rings is 3. The number of carbonyl (C=O) groups is 2. The molecule has 3 aromatic carbocycles. The molecule has 150 valence electrons. The zero-order valence-corrected chi connectivity index (χ0v) is 17.3. The second-order valence-electron chi connectivity index (χ2n) is 6.91. The van der Waals surface area contributed by atoms with Crippen LogP contribution >= 0.6 is 11.8 Å². The molecule has 2 amide bonds. The van der Waals surface area contributed by atoms with Gasteiger partial charge in [0, 0.05) is 33.4 Å². The van der Waals surface area contributed by atoms with Crippen molar-refractivity contribution >= 4 is 46.0 Å². The molecule has 30 heavy (non-hydrogen) atoms. The first-order valence-electron chi connectivity index (χ1n) is 9.39. The maximum atomic E-state index is 12.5. The third-order valence-electron chi connectivity index (χ3n) is 4.44. The zero-order chi connectivity index (χ0) is 21.1. The van der Waals surface area contributed by atoms with E-state index in [1.165, 1.54) is 6.92 Å². The monoisotopic (exact) mass is 416 g/mol. The second kappa shape index (κ2) is 8.42. The van der Waals surface area contributed by atoms with Gasteiger partial charge in [0.15, 0.2) is 5.82 Å². The summed E-state index contributed by atoms with van der Waals surface area (Å²) in [6.45, 7) is 3.42. The molecule has 0 saturated carbocycles. The number of hydrogen-bond donors (Lipinski definition) is 3. The summed E-state index contributed by atoms with van der Waals surface area (Å²) < 4.78 is 0. The SMILES string of the molecule is CC(=O)Nc1n[nH]c2cc(Sc3cccc(NC(=O)c4cccc(C)c4)c3)ccc12. The third kappa shape index (κ3) is 4.52. The first-order valence-corrected chi connectivity index (χ1v) is 10.2. The van der Waals surface area contributed by atoms with E-state index in [1.54, 1.807) is 17.8 Å². The van der Waals surface area contributed by atoms with Crippen LogP contribution in [0.4, 0.5) is 11.5 Å². The van der Waals surface area contributed by atoms with E-state index in [0.717, 1.165) is 31.9 Å². The predicted octanol–water partition coefficient (Wildman–Crippen LogP) is 5.23. The molecule has 0 saturated heterocycles. The van der Waals surface area contributed by atoms with E-state index in [1.807, 2.05) is 67.6 Å². The molecular formula is C23H20N4O2S. The van der Waals surface area contributed by atoms with Crippen LogP contribution in [0.25, 0.3) is 10.9 Å². The number of rotatable bonds is 5. The van der Waals surface area contributed by atoms with Crippen molar-refractivity contribution < 1.29 is 9.59 Å². The van der Waals surface area contributed by atoms with Crippen LogP contribution in [0.5, 0.6) is 0 Å². The van der Waals surface area contributed by atoms with Crippen molar-refractivity contribution in [3.63, 3.8) is 0 Å². The lowest BCUT2D eigenvalue weighted by Gasteiger charge is -2.08. The Balaban J connectivity index is 1.50. The number of aromatic amines is 1. The molecule has 0 radical (unpaired) electrons. The molecule has 0 atom stereocenters. The van der Waals surface area contributed by atoms with E-state index >= 15 is 0 Å². The number of carbonyl (C=O) groups excluding carboxylic acids is 2. The Morgan fingerprint density at radius 1 is 0.933 bits per heavy atom. The summed E-state index contributed by atoms with van der Waals surface area (Å²) >= 11 is 1.58. The van der Waals surface area contributed by atoms with Crippen molar-refractivity contribution in [2.24, 2.45) is 0 Å². The maximum absolute atomic E-state index is 12.5. The average molecular weight is 417 g/mol. The third-order valence-corrected chi connectivity index (χ3v) is 5.42. The highest BCUT2D eigenvalue weighted by molar-refractivity contribution is 7.99. The number of amides is 2. The maximum Gasteiger partial charge on any atom is 0.255 e. The van der Waals surface area contributed by atoms with Crippen molar-refractivity contribution in [1.29, 1.82) is 0 Å².